The van der Waals surface area contributed by atoms with Gasteiger partial charge in [0.2, 0.25) is 5.60 Å². The van der Waals surface area contributed by atoms with Crippen LogP contribution in [0.5, 0.6) is 0 Å². The number of hydrogen-bond acceptors (Lipinski definition) is 3. The van der Waals surface area contributed by atoms with E-state index in [1.54, 1.807) is 25.1 Å². The number of para-hydroxylation sites is 2. The van der Waals surface area contributed by atoms with Gasteiger partial charge < -0.3 is 15.0 Å². The Morgan fingerprint density at radius 3 is 2.51 bits per heavy atom. The lowest BCUT2D eigenvalue weighted by atomic mass is 9.90. The highest BCUT2D eigenvalue weighted by molar-refractivity contribution is 6.34. The number of aromatic nitrogens is 2. The summed E-state index contributed by atoms with van der Waals surface area (Å²) in [4.78, 5) is 20.4. The van der Waals surface area contributed by atoms with E-state index in [1.165, 1.54) is 18.2 Å². The predicted molar refractivity (Wildman–Crippen MR) is 137 cm³/mol. The molecule has 1 aliphatic heterocycles. The van der Waals surface area contributed by atoms with Gasteiger partial charge in [-0.25, -0.2) is 4.98 Å². The van der Waals surface area contributed by atoms with E-state index in [0.29, 0.717) is 28.1 Å². The van der Waals surface area contributed by atoms with Crippen molar-refractivity contribution >= 4 is 45.7 Å². The molecule has 0 bridgehead atoms. The van der Waals surface area contributed by atoms with Crippen molar-refractivity contribution in [2.45, 2.75) is 25.2 Å². The van der Waals surface area contributed by atoms with E-state index in [-0.39, 0.29) is 34.7 Å². The highest BCUT2D eigenvalue weighted by Crippen LogP contribution is 2.49. The first-order valence-corrected chi connectivity index (χ1v) is 12.0. The van der Waals surface area contributed by atoms with Gasteiger partial charge in [-0.05, 0) is 71.7 Å². The van der Waals surface area contributed by atoms with Gasteiger partial charge in [0.05, 0.1) is 24.2 Å². The second-order valence-electron chi connectivity index (χ2n) is 8.76. The molecule has 1 atom stereocenters. The molecule has 2 heterocycles. The average Bonchev–Trinajstić information content (AvgIpc) is 3.47. The summed E-state index contributed by atoms with van der Waals surface area (Å²) in [5.41, 5.74) is 0.651. The number of carbonyl (C=O) groups is 1. The van der Waals surface area contributed by atoms with Gasteiger partial charge in [-0.2, -0.15) is 13.2 Å². The Bertz CT molecular complexity index is 1490. The van der Waals surface area contributed by atoms with Crippen LogP contribution in [0.1, 0.15) is 32.9 Å². The number of H-pyrrole nitrogens is 1. The third-order valence-corrected chi connectivity index (χ3v) is 6.68. The molecule has 1 aromatic heterocycles. The van der Waals surface area contributed by atoms with Gasteiger partial charge in [-0.15, -0.1) is 0 Å². The molecular weight excluding hydrogens is 526 g/mol. The number of nitrogens with one attached hydrogen (secondary N) is 2. The number of nitrogens with zero attached hydrogens (tertiary/aromatic N) is 1. The molecule has 0 saturated heterocycles. The quantitative estimate of drug-likeness (QED) is 0.284. The van der Waals surface area contributed by atoms with Crippen LogP contribution in [0.4, 0.5) is 13.2 Å². The van der Waals surface area contributed by atoms with Crippen LogP contribution in [0.2, 0.25) is 10.0 Å². The van der Waals surface area contributed by atoms with E-state index in [4.69, 9.17) is 27.9 Å². The number of halogens is 5. The monoisotopic (exact) mass is 545 g/mol. The van der Waals surface area contributed by atoms with Crippen LogP contribution in [-0.2, 0) is 16.9 Å². The molecule has 1 aliphatic rings. The first-order valence-electron chi connectivity index (χ1n) is 11.3. The van der Waals surface area contributed by atoms with Crippen LogP contribution in [-0.4, -0.2) is 28.7 Å². The molecular formula is C27H20Cl2F3N3O2. The van der Waals surface area contributed by atoms with Crippen LogP contribution >= 0.6 is 23.2 Å². The SMILES string of the molecule is Cc1cc(C2=CC(c3cc(Cl)cc(Cl)c3)(C(F)(F)F)OC2)ccc1C(=O)NCc1nc2ccccc2[nH]1. The van der Waals surface area contributed by atoms with Crippen molar-refractivity contribution in [3.63, 3.8) is 0 Å². The van der Waals surface area contributed by atoms with Crippen molar-refractivity contribution in [3.05, 3.63) is 105 Å². The summed E-state index contributed by atoms with van der Waals surface area (Å²) < 4.78 is 48.2. The maximum Gasteiger partial charge on any atom is 0.425 e. The molecule has 2 N–H and O–H groups in total. The standard InChI is InChI=1S/C27H20Cl2F3N3O2/c1-15-8-16(6-7-21(15)25(36)33-13-24-34-22-4-2-3-5-23(22)35-24)17-12-26(37-14-17,27(30,31)32)18-9-19(28)11-20(29)10-18/h2-12H,13-14H2,1H3,(H,33,36)(H,34,35). The second-order valence-corrected chi connectivity index (χ2v) is 9.64. The summed E-state index contributed by atoms with van der Waals surface area (Å²) in [5, 5.41) is 2.97. The Kier molecular flexibility index (Phi) is 6.52. The first-order chi connectivity index (χ1) is 17.6. The fraction of sp³-hybridized carbons (Fsp3) is 0.185. The first kappa shape index (κ1) is 25.3. The van der Waals surface area contributed by atoms with Crippen LogP contribution in [0.25, 0.3) is 16.6 Å². The fourth-order valence-electron chi connectivity index (χ4n) is 4.42. The number of hydrogen-bond donors (Lipinski definition) is 2. The molecule has 0 spiro atoms. The van der Waals surface area contributed by atoms with Gasteiger partial charge in [0.25, 0.3) is 5.91 Å². The number of fused-ring (bicyclic) bond motifs is 1. The zero-order valence-electron chi connectivity index (χ0n) is 19.4. The molecule has 0 fully saturated rings. The van der Waals surface area contributed by atoms with Gasteiger partial charge in [-0.1, -0.05) is 47.5 Å². The highest BCUT2D eigenvalue weighted by Gasteiger charge is 2.58. The molecule has 5 nitrogen and oxygen atoms in total. The number of rotatable bonds is 5. The Morgan fingerprint density at radius 2 is 1.84 bits per heavy atom. The van der Waals surface area contributed by atoms with E-state index in [1.807, 2.05) is 24.3 Å². The molecule has 1 unspecified atom stereocenters. The predicted octanol–water partition coefficient (Wildman–Crippen LogP) is 6.98. The minimum Gasteiger partial charge on any atom is -0.352 e. The van der Waals surface area contributed by atoms with Gasteiger partial charge in [0, 0.05) is 15.6 Å². The number of aromatic amines is 1. The van der Waals surface area contributed by atoms with Crippen molar-refractivity contribution in [2.75, 3.05) is 6.61 Å². The lowest BCUT2D eigenvalue weighted by Gasteiger charge is -2.30. The minimum atomic E-state index is -4.76. The molecule has 3 aromatic carbocycles. The minimum absolute atomic E-state index is 0.0745. The van der Waals surface area contributed by atoms with Crippen molar-refractivity contribution in [1.82, 2.24) is 15.3 Å². The topological polar surface area (TPSA) is 67.0 Å². The normalized spacial score (nSPS) is 17.7. The van der Waals surface area contributed by atoms with E-state index in [0.717, 1.165) is 17.1 Å². The molecule has 4 aromatic rings. The van der Waals surface area contributed by atoms with Crippen LogP contribution in [0.15, 0.2) is 66.7 Å². The van der Waals surface area contributed by atoms with Crippen LogP contribution < -0.4 is 5.32 Å². The van der Waals surface area contributed by atoms with Gasteiger partial charge in [0.15, 0.2) is 0 Å². The summed E-state index contributed by atoms with van der Waals surface area (Å²) >= 11 is 12.0. The molecule has 0 saturated carbocycles. The van der Waals surface area contributed by atoms with Crippen molar-refractivity contribution in [2.24, 2.45) is 0 Å². The van der Waals surface area contributed by atoms with Crippen molar-refractivity contribution in [3.8, 4) is 0 Å². The van der Waals surface area contributed by atoms with Gasteiger partial charge >= 0.3 is 6.18 Å². The van der Waals surface area contributed by atoms with E-state index in [2.05, 4.69) is 15.3 Å². The molecule has 0 aliphatic carbocycles. The van der Waals surface area contributed by atoms with Gasteiger partial charge in [0.1, 0.15) is 5.82 Å². The van der Waals surface area contributed by atoms with E-state index in [9.17, 15) is 18.0 Å². The number of ether oxygens (including phenoxy) is 1. The lowest BCUT2D eigenvalue weighted by molar-refractivity contribution is -0.254. The summed E-state index contributed by atoms with van der Waals surface area (Å²) in [7, 11) is 0. The van der Waals surface area contributed by atoms with Crippen molar-refractivity contribution in [1.29, 1.82) is 0 Å². The van der Waals surface area contributed by atoms with Crippen molar-refractivity contribution < 1.29 is 22.7 Å². The number of imidazole rings is 1. The van der Waals surface area contributed by atoms with Crippen LogP contribution in [0.3, 0.4) is 0 Å². The Morgan fingerprint density at radius 1 is 1.11 bits per heavy atom. The van der Waals surface area contributed by atoms with Gasteiger partial charge in [-0.3, -0.25) is 4.79 Å². The average molecular weight is 546 g/mol. The van der Waals surface area contributed by atoms with E-state index < -0.39 is 11.8 Å². The number of amides is 1. The Labute approximate surface area is 220 Å². The summed E-state index contributed by atoms with van der Waals surface area (Å²) in [6, 6.07) is 16.1. The summed E-state index contributed by atoms with van der Waals surface area (Å²) in [6.07, 6.45) is -3.71. The lowest BCUT2D eigenvalue weighted by Crippen LogP contribution is -2.41. The number of alkyl halides is 3. The summed E-state index contributed by atoms with van der Waals surface area (Å²) in [5.74, 6) is 0.293. The zero-order chi connectivity index (χ0) is 26.4. The maximum atomic E-state index is 14.3. The maximum absolute atomic E-state index is 14.3. The Hall–Kier alpha value is -3.33. The fourth-order valence-corrected chi connectivity index (χ4v) is 4.94. The smallest absolute Gasteiger partial charge is 0.352 e. The van der Waals surface area contributed by atoms with E-state index >= 15 is 0 Å². The highest BCUT2D eigenvalue weighted by atomic mass is 35.5. The molecule has 1 amide bonds. The zero-order valence-corrected chi connectivity index (χ0v) is 20.9. The third-order valence-electron chi connectivity index (χ3n) is 6.24. The largest absolute Gasteiger partial charge is 0.425 e. The molecule has 10 heteroatoms. The third kappa shape index (κ3) is 4.84. The number of carbonyl (C=O) groups excluding carboxylic acids is 1. The molecule has 37 heavy (non-hydrogen) atoms. The number of benzene rings is 3. The molecule has 5 rings (SSSR count). The molecule has 190 valence electrons. The Balaban J connectivity index is 1.38. The second kappa shape index (κ2) is 9.52. The summed E-state index contributed by atoms with van der Waals surface area (Å²) in [6.45, 7) is 1.65. The molecule has 0 radical (unpaired) electrons. The number of aryl methyl sites for hydroxylation is 1. The van der Waals surface area contributed by atoms with Crippen LogP contribution in [0, 0.1) is 6.92 Å².